The number of rotatable bonds is 6. The number of nitrogens with zero attached hydrogens (tertiary/aromatic N) is 2. The molecule has 0 aliphatic carbocycles. The average Bonchev–Trinajstić information content (AvgIpc) is 2.96. The normalized spacial score (nSPS) is 25.5. The quantitative estimate of drug-likeness (QED) is 0.206. The maximum absolute atomic E-state index is 13.2. The molecule has 2 bridgehead atoms. The molecule has 3 saturated heterocycles. The Morgan fingerprint density at radius 2 is 1.72 bits per heavy atom. The van der Waals surface area contributed by atoms with Crippen molar-refractivity contribution >= 4 is 10.9 Å². The van der Waals surface area contributed by atoms with Crippen LogP contribution in [0.1, 0.15) is 35.6 Å². The average molecular weight is 530 g/mol. The predicted molar refractivity (Wildman–Crippen MR) is 147 cm³/mol. The molecule has 3 aliphatic heterocycles. The van der Waals surface area contributed by atoms with Crippen molar-refractivity contribution in [2.75, 3.05) is 13.1 Å². The summed E-state index contributed by atoms with van der Waals surface area (Å²) >= 11 is 0. The van der Waals surface area contributed by atoms with Gasteiger partial charge in [0.05, 0.1) is 29.9 Å². The van der Waals surface area contributed by atoms with E-state index in [0.29, 0.717) is 23.1 Å². The molecule has 3 aliphatic rings. The lowest BCUT2D eigenvalue weighted by molar-refractivity contribution is -0.984. The molecule has 0 radical (unpaired) electrons. The summed E-state index contributed by atoms with van der Waals surface area (Å²) in [7, 11) is 0. The van der Waals surface area contributed by atoms with E-state index >= 15 is 0 Å². The molecule has 4 heterocycles. The van der Waals surface area contributed by atoms with Gasteiger partial charge in [-0.25, -0.2) is 4.98 Å². The zero-order valence-electron chi connectivity index (χ0n) is 21.7. The fraction of sp³-hybridized carbons (Fsp3) is 0.303. The summed E-state index contributed by atoms with van der Waals surface area (Å²) in [5.74, 6) is 0.906. The Morgan fingerprint density at radius 1 is 1.00 bits per heavy atom. The fourth-order valence-corrected chi connectivity index (χ4v) is 6.96. The van der Waals surface area contributed by atoms with Crippen LogP contribution in [-0.4, -0.2) is 33.7 Å². The molecule has 3 aromatic carbocycles. The summed E-state index contributed by atoms with van der Waals surface area (Å²) in [5, 5.41) is 13.0. The first-order valence-electron chi connectivity index (χ1n) is 13.5. The maximum atomic E-state index is 13.2. The number of para-hydroxylation sites is 1. The van der Waals surface area contributed by atoms with Crippen LogP contribution in [0.4, 0.5) is 13.2 Å². The van der Waals surface area contributed by atoms with Gasteiger partial charge in [0, 0.05) is 35.3 Å². The van der Waals surface area contributed by atoms with Crippen LogP contribution in [0.5, 0.6) is 0 Å². The van der Waals surface area contributed by atoms with Gasteiger partial charge in [-0.2, -0.15) is 13.2 Å². The molecule has 0 amide bonds. The van der Waals surface area contributed by atoms with E-state index in [-0.39, 0.29) is 6.04 Å². The topological polar surface area (TPSA) is 33.1 Å². The first-order chi connectivity index (χ1) is 18.8. The minimum Gasteiger partial charge on any atom is -0.382 e. The molecule has 200 valence electrons. The Hall–Kier alpha value is -3.48. The summed E-state index contributed by atoms with van der Waals surface area (Å²) in [6.45, 7) is 6.91. The zero-order chi connectivity index (χ0) is 27.2. The molecule has 7 rings (SSSR count). The van der Waals surface area contributed by atoms with Gasteiger partial charge in [-0.3, -0.25) is 0 Å². The number of aromatic nitrogens is 1. The van der Waals surface area contributed by atoms with Crippen molar-refractivity contribution in [2.45, 2.75) is 37.7 Å². The molecule has 3 fully saturated rings. The van der Waals surface area contributed by atoms with Gasteiger partial charge in [0.25, 0.3) is 0 Å². The Morgan fingerprint density at radius 3 is 2.44 bits per heavy atom. The molecule has 1 aromatic heterocycles. The third-order valence-corrected chi connectivity index (χ3v) is 8.96. The van der Waals surface area contributed by atoms with E-state index in [4.69, 9.17) is 4.98 Å². The molecule has 6 heteroatoms. The van der Waals surface area contributed by atoms with E-state index in [9.17, 15) is 18.3 Å². The van der Waals surface area contributed by atoms with Crippen molar-refractivity contribution in [2.24, 2.45) is 11.8 Å². The van der Waals surface area contributed by atoms with E-state index in [1.54, 1.807) is 0 Å². The minimum absolute atomic E-state index is 0.00795. The Kier molecular flexibility index (Phi) is 6.56. The van der Waals surface area contributed by atoms with Crippen LogP contribution in [0.15, 0.2) is 97.6 Å². The Labute approximate surface area is 226 Å². The number of halogens is 3. The molecule has 0 spiro atoms. The van der Waals surface area contributed by atoms with Crippen LogP contribution >= 0.6 is 0 Å². The highest BCUT2D eigenvalue weighted by Crippen LogP contribution is 2.48. The standard InChI is InChI=1S/C33H32F3N2O/c1-2-23-21-38(20-22-8-4-3-5-9-22)17-16-25(23)18-31(38)32(39)28-19-30(37-29-11-7-6-10-27(28)29)24-12-14-26(15-13-24)33(34,35)36/h2-15,19,23,25,31-32,39H,1,16-18,20-21H2/q+1/t23?,25?,31?,32-,38?/m0/s1. The molecule has 1 N–H and O–H groups in total. The van der Waals surface area contributed by atoms with Gasteiger partial charge in [0.2, 0.25) is 0 Å². The second-order valence-electron chi connectivity index (χ2n) is 11.2. The number of aliphatic hydroxyl groups is 1. The van der Waals surface area contributed by atoms with Crippen LogP contribution in [0.25, 0.3) is 22.2 Å². The Bertz CT molecular complexity index is 1480. The number of hydrogen-bond donors (Lipinski definition) is 1. The predicted octanol–water partition coefficient (Wildman–Crippen LogP) is 7.57. The van der Waals surface area contributed by atoms with Gasteiger partial charge >= 0.3 is 6.18 Å². The van der Waals surface area contributed by atoms with Gasteiger partial charge in [-0.05, 0) is 35.7 Å². The van der Waals surface area contributed by atoms with Crippen molar-refractivity contribution in [3.8, 4) is 11.3 Å². The van der Waals surface area contributed by atoms with E-state index in [2.05, 4.69) is 36.9 Å². The highest BCUT2D eigenvalue weighted by atomic mass is 19.4. The zero-order valence-corrected chi connectivity index (χ0v) is 21.7. The van der Waals surface area contributed by atoms with Crippen molar-refractivity contribution in [3.05, 3.63) is 114 Å². The van der Waals surface area contributed by atoms with Gasteiger partial charge in [0.15, 0.2) is 0 Å². The third-order valence-electron chi connectivity index (χ3n) is 8.96. The highest BCUT2D eigenvalue weighted by molar-refractivity contribution is 5.85. The molecule has 3 nitrogen and oxygen atoms in total. The largest absolute Gasteiger partial charge is 0.416 e. The molecular formula is C33H32F3N2O+. The van der Waals surface area contributed by atoms with Gasteiger partial charge in [-0.1, -0.05) is 66.7 Å². The van der Waals surface area contributed by atoms with Crippen LogP contribution in [0, 0.1) is 11.8 Å². The van der Waals surface area contributed by atoms with Gasteiger partial charge < -0.3 is 9.59 Å². The lowest BCUT2D eigenvalue weighted by Gasteiger charge is -2.58. The smallest absolute Gasteiger partial charge is 0.382 e. The number of alkyl halides is 3. The molecule has 4 unspecified atom stereocenters. The second kappa shape index (κ2) is 9.92. The van der Waals surface area contributed by atoms with E-state index in [1.165, 1.54) is 17.7 Å². The number of pyridine rings is 1. The van der Waals surface area contributed by atoms with Crippen LogP contribution in [-0.2, 0) is 12.7 Å². The first kappa shape index (κ1) is 25.8. The van der Waals surface area contributed by atoms with Gasteiger partial charge in [0.1, 0.15) is 18.7 Å². The van der Waals surface area contributed by atoms with Crippen molar-refractivity contribution in [1.29, 1.82) is 0 Å². The van der Waals surface area contributed by atoms with Crippen molar-refractivity contribution in [3.63, 3.8) is 0 Å². The number of hydrogen-bond acceptors (Lipinski definition) is 2. The fourth-order valence-electron chi connectivity index (χ4n) is 6.96. The number of fused-ring (bicyclic) bond motifs is 4. The van der Waals surface area contributed by atoms with Crippen LogP contribution in [0.2, 0.25) is 0 Å². The molecule has 0 saturated carbocycles. The third kappa shape index (κ3) is 4.77. The van der Waals surface area contributed by atoms with E-state index in [1.807, 2.05) is 36.4 Å². The van der Waals surface area contributed by atoms with Crippen molar-refractivity contribution in [1.82, 2.24) is 4.98 Å². The molecular weight excluding hydrogens is 497 g/mol. The lowest BCUT2D eigenvalue weighted by atomic mass is 9.71. The summed E-state index contributed by atoms with van der Waals surface area (Å²) < 4.78 is 40.3. The molecule has 5 atom stereocenters. The van der Waals surface area contributed by atoms with Crippen molar-refractivity contribution < 1.29 is 22.8 Å². The SMILES string of the molecule is C=CC1C[N+]2(Cc3ccccc3)CCC1CC2[C@@H](O)c1cc(-c2ccc(C(F)(F)F)cc2)nc2ccccc12. The number of piperidine rings is 3. The first-order valence-corrected chi connectivity index (χ1v) is 13.5. The van der Waals surface area contributed by atoms with E-state index in [0.717, 1.165) is 65.6 Å². The molecule has 4 aromatic rings. The summed E-state index contributed by atoms with van der Waals surface area (Å²) in [6, 6.07) is 25.1. The minimum atomic E-state index is -4.40. The monoisotopic (exact) mass is 529 g/mol. The second-order valence-corrected chi connectivity index (χ2v) is 11.2. The van der Waals surface area contributed by atoms with Crippen LogP contribution in [0.3, 0.4) is 0 Å². The number of quaternary nitrogens is 1. The number of aliphatic hydroxyl groups excluding tert-OH is 1. The summed E-state index contributed by atoms with van der Waals surface area (Å²) in [4.78, 5) is 4.77. The maximum Gasteiger partial charge on any atom is 0.416 e. The highest BCUT2D eigenvalue weighted by Gasteiger charge is 2.54. The summed E-state index contributed by atoms with van der Waals surface area (Å²) in [6.07, 6.45) is -1.04. The van der Waals surface area contributed by atoms with Gasteiger partial charge in [-0.15, -0.1) is 6.58 Å². The number of benzene rings is 3. The Balaban J connectivity index is 1.43. The van der Waals surface area contributed by atoms with Crippen LogP contribution < -0.4 is 0 Å². The van der Waals surface area contributed by atoms with E-state index < -0.39 is 17.8 Å². The molecule has 39 heavy (non-hydrogen) atoms. The lowest BCUT2D eigenvalue weighted by Crippen LogP contribution is -2.67. The summed E-state index contributed by atoms with van der Waals surface area (Å²) in [5.41, 5.74) is 3.22.